The SMILES string of the molecule is COc1cccc2c(N=NC(=O)c3ccccc3Cl)c(O)[nH]c12. The van der Waals surface area contributed by atoms with Crippen LogP contribution in [0.2, 0.25) is 5.02 Å². The van der Waals surface area contributed by atoms with E-state index in [-0.39, 0.29) is 17.1 Å². The quantitative estimate of drug-likeness (QED) is 0.695. The number of nitrogens with zero attached hydrogens (tertiary/aromatic N) is 2. The summed E-state index contributed by atoms with van der Waals surface area (Å²) in [6.45, 7) is 0. The fourth-order valence-electron chi connectivity index (χ4n) is 2.22. The van der Waals surface area contributed by atoms with E-state index in [9.17, 15) is 9.90 Å². The maximum absolute atomic E-state index is 12.1. The number of rotatable bonds is 3. The van der Waals surface area contributed by atoms with Crippen molar-refractivity contribution >= 4 is 34.1 Å². The van der Waals surface area contributed by atoms with E-state index in [0.717, 1.165) is 0 Å². The zero-order valence-electron chi connectivity index (χ0n) is 12.1. The van der Waals surface area contributed by atoms with Gasteiger partial charge in [0.1, 0.15) is 5.75 Å². The predicted molar refractivity (Wildman–Crippen MR) is 86.8 cm³/mol. The van der Waals surface area contributed by atoms with E-state index in [1.54, 1.807) is 42.5 Å². The Morgan fingerprint density at radius 1 is 1.22 bits per heavy atom. The lowest BCUT2D eigenvalue weighted by Gasteiger charge is -1.99. The summed E-state index contributed by atoms with van der Waals surface area (Å²) in [5.74, 6) is -0.232. The molecule has 1 heterocycles. The van der Waals surface area contributed by atoms with Gasteiger partial charge < -0.3 is 14.8 Å². The molecule has 0 fully saturated rings. The van der Waals surface area contributed by atoms with Gasteiger partial charge in [0.25, 0.3) is 5.91 Å². The van der Waals surface area contributed by atoms with E-state index in [4.69, 9.17) is 16.3 Å². The van der Waals surface area contributed by atoms with E-state index >= 15 is 0 Å². The number of H-pyrrole nitrogens is 1. The maximum Gasteiger partial charge on any atom is 0.296 e. The summed E-state index contributed by atoms with van der Waals surface area (Å²) in [5, 5.41) is 18.4. The Balaban J connectivity index is 2.00. The Labute approximate surface area is 136 Å². The van der Waals surface area contributed by atoms with Crippen molar-refractivity contribution < 1.29 is 14.6 Å². The fraction of sp³-hybridized carbons (Fsp3) is 0.0625. The molecule has 2 aromatic carbocycles. The maximum atomic E-state index is 12.1. The van der Waals surface area contributed by atoms with Gasteiger partial charge in [-0.15, -0.1) is 10.2 Å². The van der Waals surface area contributed by atoms with Crippen molar-refractivity contribution in [2.24, 2.45) is 10.2 Å². The van der Waals surface area contributed by atoms with Gasteiger partial charge in [0.05, 0.1) is 23.2 Å². The Kier molecular flexibility index (Phi) is 3.99. The van der Waals surface area contributed by atoms with Crippen LogP contribution in [-0.2, 0) is 0 Å². The molecule has 0 aliphatic rings. The van der Waals surface area contributed by atoms with Crippen LogP contribution in [0.5, 0.6) is 11.6 Å². The molecule has 6 nitrogen and oxygen atoms in total. The first-order valence-corrected chi connectivity index (χ1v) is 7.08. The first-order valence-electron chi connectivity index (χ1n) is 6.70. The van der Waals surface area contributed by atoms with Gasteiger partial charge in [-0.3, -0.25) is 4.79 Å². The van der Waals surface area contributed by atoms with Crippen LogP contribution in [-0.4, -0.2) is 23.1 Å². The van der Waals surface area contributed by atoms with Gasteiger partial charge in [-0.05, 0) is 18.2 Å². The van der Waals surface area contributed by atoms with Crippen molar-refractivity contribution in [2.45, 2.75) is 0 Å². The lowest BCUT2D eigenvalue weighted by atomic mass is 10.2. The van der Waals surface area contributed by atoms with Crippen molar-refractivity contribution in [1.29, 1.82) is 0 Å². The third-order valence-electron chi connectivity index (χ3n) is 3.31. The van der Waals surface area contributed by atoms with Gasteiger partial charge in [0.15, 0.2) is 5.69 Å². The number of methoxy groups -OCH3 is 1. The number of aromatic amines is 1. The first kappa shape index (κ1) is 15.1. The summed E-state index contributed by atoms with van der Waals surface area (Å²) >= 11 is 5.95. The van der Waals surface area contributed by atoms with E-state index in [1.807, 2.05) is 0 Å². The molecule has 2 N–H and O–H groups in total. The topological polar surface area (TPSA) is 87.0 Å². The number of fused-ring (bicyclic) bond motifs is 1. The molecule has 0 bridgehead atoms. The molecule has 3 aromatic rings. The largest absolute Gasteiger partial charge is 0.495 e. The Hall–Kier alpha value is -2.86. The zero-order valence-corrected chi connectivity index (χ0v) is 12.8. The minimum atomic E-state index is -0.591. The van der Waals surface area contributed by atoms with E-state index in [1.165, 1.54) is 7.11 Å². The average Bonchev–Trinajstić information content (AvgIpc) is 2.88. The molecule has 0 atom stereocenters. The number of halogens is 1. The number of benzene rings is 2. The van der Waals surface area contributed by atoms with Crippen LogP contribution < -0.4 is 4.74 Å². The molecular weight excluding hydrogens is 318 g/mol. The smallest absolute Gasteiger partial charge is 0.296 e. The third kappa shape index (κ3) is 2.76. The summed E-state index contributed by atoms with van der Waals surface area (Å²) in [4.78, 5) is 14.8. The number of nitrogens with one attached hydrogen (secondary N) is 1. The number of aromatic hydroxyl groups is 1. The minimum Gasteiger partial charge on any atom is -0.495 e. The van der Waals surface area contributed by atoms with Crippen molar-refractivity contribution in [2.75, 3.05) is 7.11 Å². The van der Waals surface area contributed by atoms with Crippen LogP contribution in [0.1, 0.15) is 10.4 Å². The molecule has 1 amide bonds. The number of carbonyl (C=O) groups excluding carboxylic acids is 1. The summed E-state index contributed by atoms with van der Waals surface area (Å²) in [7, 11) is 1.52. The second-order valence-corrected chi connectivity index (χ2v) is 5.10. The van der Waals surface area contributed by atoms with Crippen LogP contribution in [0.15, 0.2) is 52.7 Å². The molecule has 0 aliphatic carbocycles. The number of hydrogen-bond acceptors (Lipinski definition) is 4. The summed E-state index contributed by atoms with van der Waals surface area (Å²) in [6.07, 6.45) is 0. The standard InChI is InChI=1S/C16H12ClN3O3/c1-23-12-8-4-6-10-13(12)18-16(22)14(10)19-20-15(21)9-5-2-3-7-11(9)17/h2-8,18,22H,1H3. The second-order valence-electron chi connectivity index (χ2n) is 4.69. The molecule has 0 radical (unpaired) electrons. The third-order valence-corrected chi connectivity index (χ3v) is 3.64. The number of ether oxygens (including phenoxy) is 1. The lowest BCUT2D eigenvalue weighted by molar-refractivity contribution is 0.0995. The van der Waals surface area contributed by atoms with Crippen LogP contribution in [0.25, 0.3) is 10.9 Å². The van der Waals surface area contributed by atoms with Gasteiger partial charge in [-0.2, -0.15) is 0 Å². The molecule has 0 spiro atoms. The van der Waals surface area contributed by atoms with E-state index in [2.05, 4.69) is 15.2 Å². The molecule has 7 heteroatoms. The zero-order chi connectivity index (χ0) is 16.4. The minimum absolute atomic E-state index is 0.166. The Morgan fingerprint density at radius 2 is 2.00 bits per heavy atom. The van der Waals surface area contributed by atoms with Gasteiger partial charge in [-0.25, -0.2) is 0 Å². The highest BCUT2D eigenvalue weighted by atomic mass is 35.5. The lowest BCUT2D eigenvalue weighted by Crippen LogP contribution is -1.94. The number of carbonyl (C=O) groups is 1. The van der Waals surface area contributed by atoms with Gasteiger partial charge >= 0.3 is 0 Å². The van der Waals surface area contributed by atoms with E-state index < -0.39 is 5.91 Å². The molecular formula is C16H12ClN3O3. The predicted octanol–water partition coefficient (Wildman–Crippen LogP) is 4.46. The molecule has 116 valence electrons. The average molecular weight is 330 g/mol. The summed E-state index contributed by atoms with van der Waals surface area (Å²) in [5.41, 5.74) is 0.987. The molecule has 0 saturated heterocycles. The van der Waals surface area contributed by atoms with Crippen LogP contribution >= 0.6 is 11.6 Å². The second kappa shape index (κ2) is 6.10. The van der Waals surface area contributed by atoms with Crippen LogP contribution in [0, 0.1) is 0 Å². The highest BCUT2D eigenvalue weighted by Crippen LogP contribution is 2.39. The van der Waals surface area contributed by atoms with E-state index in [0.29, 0.717) is 21.7 Å². The number of para-hydroxylation sites is 1. The van der Waals surface area contributed by atoms with Crippen molar-refractivity contribution in [3.63, 3.8) is 0 Å². The number of amides is 1. The van der Waals surface area contributed by atoms with Crippen LogP contribution in [0.3, 0.4) is 0 Å². The molecule has 0 saturated carbocycles. The summed E-state index contributed by atoms with van der Waals surface area (Å²) in [6, 6.07) is 11.8. The molecule has 23 heavy (non-hydrogen) atoms. The Morgan fingerprint density at radius 3 is 2.74 bits per heavy atom. The van der Waals surface area contributed by atoms with Crippen LogP contribution in [0.4, 0.5) is 5.69 Å². The van der Waals surface area contributed by atoms with Gasteiger partial charge in [0, 0.05) is 5.39 Å². The first-order chi connectivity index (χ1) is 11.1. The van der Waals surface area contributed by atoms with Crippen molar-refractivity contribution in [3.8, 4) is 11.6 Å². The fourth-order valence-corrected chi connectivity index (χ4v) is 2.43. The van der Waals surface area contributed by atoms with Crippen molar-refractivity contribution in [3.05, 3.63) is 53.1 Å². The highest BCUT2D eigenvalue weighted by molar-refractivity contribution is 6.33. The number of hydrogen-bond donors (Lipinski definition) is 2. The number of aromatic nitrogens is 1. The molecule has 3 rings (SSSR count). The van der Waals surface area contributed by atoms with Gasteiger partial charge in [-0.1, -0.05) is 35.9 Å². The summed E-state index contributed by atoms with van der Waals surface area (Å²) < 4.78 is 5.21. The van der Waals surface area contributed by atoms with Crippen molar-refractivity contribution in [1.82, 2.24) is 4.98 Å². The highest BCUT2D eigenvalue weighted by Gasteiger charge is 2.15. The molecule has 0 aliphatic heterocycles. The monoisotopic (exact) mass is 329 g/mol. The molecule has 1 aromatic heterocycles. The Bertz CT molecular complexity index is 918. The molecule has 0 unspecified atom stereocenters. The van der Waals surface area contributed by atoms with Gasteiger partial charge in [0.2, 0.25) is 5.88 Å². The number of azo groups is 1. The normalized spacial score (nSPS) is 11.2.